The van der Waals surface area contributed by atoms with E-state index in [1.165, 1.54) is 4.90 Å². The number of nitrogens with zero attached hydrogens (tertiary/aromatic N) is 1. The molecule has 2 amide bonds. The van der Waals surface area contributed by atoms with E-state index in [4.69, 9.17) is 0 Å². The Morgan fingerprint density at radius 2 is 1.96 bits per heavy atom. The van der Waals surface area contributed by atoms with Gasteiger partial charge in [0, 0.05) is 23.5 Å². The van der Waals surface area contributed by atoms with Crippen molar-refractivity contribution in [2.75, 3.05) is 13.1 Å². The SMILES string of the molecule is O=C(c1cc2ccccc2[nH]1)N(C(=O)C1CCCNC1)C1CC1. The smallest absolute Gasteiger partial charge is 0.277 e. The number of hydrogen-bond donors (Lipinski definition) is 2. The average Bonchev–Trinajstić information content (AvgIpc) is 3.32. The highest BCUT2D eigenvalue weighted by Gasteiger charge is 2.40. The summed E-state index contributed by atoms with van der Waals surface area (Å²) in [6.45, 7) is 1.64. The van der Waals surface area contributed by atoms with E-state index in [1.54, 1.807) is 0 Å². The second-order valence-corrected chi connectivity index (χ2v) is 6.56. The number of amides is 2. The molecule has 5 heteroatoms. The van der Waals surface area contributed by atoms with E-state index < -0.39 is 0 Å². The second kappa shape index (κ2) is 5.81. The first-order valence-electron chi connectivity index (χ1n) is 8.40. The van der Waals surface area contributed by atoms with Crippen molar-refractivity contribution in [1.29, 1.82) is 0 Å². The number of hydrogen-bond acceptors (Lipinski definition) is 3. The van der Waals surface area contributed by atoms with Gasteiger partial charge in [-0.1, -0.05) is 18.2 Å². The molecule has 23 heavy (non-hydrogen) atoms. The number of piperidine rings is 1. The Bertz CT molecular complexity index is 709. The molecule has 1 atom stereocenters. The van der Waals surface area contributed by atoms with Crippen LogP contribution in [0.5, 0.6) is 0 Å². The highest BCUT2D eigenvalue weighted by molar-refractivity contribution is 6.07. The van der Waals surface area contributed by atoms with Crippen molar-refractivity contribution < 1.29 is 9.59 Å². The molecule has 2 fully saturated rings. The summed E-state index contributed by atoms with van der Waals surface area (Å²) in [5.74, 6) is -0.264. The third-order valence-electron chi connectivity index (χ3n) is 4.77. The zero-order chi connectivity index (χ0) is 15.8. The van der Waals surface area contributed by atoms with Gasteiger partial charge >= 0.3 is 0 Å². The van der Waals surface area contributed by atoms with E-state index in [0.29, 0.717) is 12.2 Å². The zero-order valence-electron chi connectivity index (χ0n) is 13.0. The minimum Gasteiger partial charge on any atom is -0.351 e. The number of carbonyl (C=O) groups excluding carboxylic acids is 2. The first kappa shape index (κ1) is 14.5. The molecular weight excluding hydrogens is 290 g/mol. The van der Waals surface area contributed by atoms with Crippen LogP contribution in [-0.4, -0.2) is 40.8 Å². The van der Waals surface area contributed by atoms with Gasteiger partial charge in [-0.3, -0.25) is 14.5 Å². The van der Waals surface area contributed by atoms with Crippen LogP contribution in [0.4, 0.5) is 0 Å². The summed E-state index contributed by atoms with van der Waals surface area (Å²) in [5, 5.41) is 4.26. The quantitative estimate of drug-likeness (QED) is 0.855. The van der Waals surface area contributed by atoms with Crippen LogP contribution in [0.2, 0.25) is 0 Å². The number of H-pyrrole nitrogens is 1. The molecular formula is C18H21N3O2. The molecule has 2 aromatic rings. The number of aromatic nitrogens is 1. The lowest BCUT2D eigenvalue weighted by Gasteiger charge is -2.28. The molecule has 1 aromatic carbocycles. The fraction of sp³-hybridized carbons (Fsp3) is 0.444. The van der Waals surface area contributed by atoms with E-state index in [-0.39, 0.29) is 23.8 Å². The van der Waals surface area contributed by atoms with Gasteiger partial charge in [0.1, 0.15) is 5.69 Å². The molecule has 2 heterocycles. The van der Waals surface area contributed by atoms with Gasteiger partial charge in [0.15, 0.2) is 0 Å². The van der Waals surface area contributed by atoms with Gasteiger partial charge in [-0.15, -0.1) is 0 Å². The zero-order valence-corrected chi connectivity index (χ0v) is 13.0. The molecule has 0 bridgehead atoms. The van der Waals surface area contributed by atoms with E-state index >= 15 is 0 Å². The van der Waals surface area contributed by atoms with E-state index in [1.807, 2.05) is 30.3 Å². The largest absolute Gasteiger partial charge is 0.351 e. The van der Waals surface area contributed by atoms with Gasteiger partial charge in [0.25, 0.3) is 5.91 Å². The molecule has 4 rings (SSSR count). The number of rotatable bonds is 3. The third kappa shape index (κ3) is 2.77. The minimum absolute atomic E-state index is 0.0108. The normalized spacial score (nSPS) is 21.3. The number of benzene rings is 1. The predicted molar refractivity (Wildman–Crippen MR) is 88.1 cm³/mol. The summed E-state index contributed by atoms with van der Waals surface area (Å²) < 4.78 is 0. The standard InChI is InChI=1S/C18H21N3O2/c22-17(13-5-3-9-19-11-13)21(14-7-8-14)18(23)16-10-12-4-1-2-6-15(12)20-16/h1-2,4,6,10,13-14,19-20H,3,5,7-9,11H2. The summed E-state index contributed by atoms with van der Waals surface area (Å²) in [7, 11) is 0. The summed E-state index contributed by atoms with van der Waals surface area (Å²) in [4.78, 5) is 30.5. The molecule has 1 unspecified atom stereocenters. The Balaban J connectivity index is 1.61. The summed E-state index contributed by atoms with van der Waals surface area (Å²) in [6.07, 6.45) is 3.72. The van der Waals surface area contributed by atoms with Crippen molar-refractivity contribution in [3.63, 3.8) is 0 Å². The molecule has 1 saturated heterocycles. The lowest BCUT2D eigenvalue weighted by molar-refractivity contribution is -0.133. The van der Waals surface area contributed by atoms with Crippen molar-refractivity contribution in [2.24, 2.45) is 5.92 Å². The second-order valence-electron chi connectivity index (χ2n) is 6.56. The summed E-state index contributed by atoms with van der Waals surface area (Å²) >= 11 is 0. The third-order valence-corrected chi connectivity index (χ3v) is 4.77. The molecule has 2 N–H and O–H groups in total. The Morgan fingerprint density at radius 1 is 1.13 bits per heavy atom. The molecule has 2 aliphatic rings. The van der Waals surface area contributed by atoms with E-state index in [0.717, 1.165) is 43.1 Å². The number of imide groups is 1. The van der Waals surface area contributed by atoms with Crippen molar-refractivity contribution in [3.8, 4) is 0 Å². The summed E-state index contributed by atoms with van der Waals surface area (Å²) in [6, 6.07) is 9.73. The van der Waals surface area contributed by atoms with E-state index in [9.17, 15) is 9.59 Å². The average molecular weight is 311 g/mol. The van der Waals surface area contributed by atoms with Crippen LogP contribution in [0.3, 0.4) is 0 Å². The van der Waals surface area contributed by atoms with Crippen LogP contribution in [0.1, 0.15) is 36.2 Å². The van der Waals surface area contributed by atoms with Gasteiger partial charge in [-0.25, -0.2) is 0 Å². The van der Waals surface area contributed by atoms with Crippen LogP contribution in [-0.2, 0) is 4.79 Å². The Morgan fingerprint density at radius 3 is 2.65 bits per heavy atom. The highest BCUT2D eigenvalue weighted by Crippen LogP contribution is 2.31. The van der Waals surface area contributed by atoms with Crippen LogP contribution in [0.15, 0.2) is 30.3 Å². The van der Waals surface area contributed by atoms with Crippen LogP contribution < -0.4 is 5.32 Å². The number of fused-ring (bicyclic) bond motifs is 1. The topological polar surface area (TPSA) is 65.2 Å². The predicted octanol–water partition coefficient (Wildman–Crippen LogP) is 2.30. The molecule has 1 aromatic heterocycles. The van der Waals surface area contributed by atoms with Crippen LogP contribution in [0, 0.1) is 5.92 Å². The maximum absolute atomic E-state index is 12.9. The monoisotopic (exact) mass is 311 g/mol. The van der Waals surface area contributed by atoms with Crippen molar-refractivity contribution in [2.45, 2.75) is 31.7 Å². The molecule has 1 saturated carbocycles. The van der Waals surface area contributed by atoms with Gasteiger partial charge in [0.2, 0.25) is 5.91 Å². The van der Waals surface area contributed by atoms with Crippen molar-refractivity contribution >= 4 is 22.7 Å². The fourth-order valence-corrected chi connectivity index (χ4v) is 3.36. The Labute approximate surface area is 135 Å². The summed E-state index contributed by atoms with van der Waals surface area (Å²) in [5.41, 5.74) is 1.44. The number of nitrogens with one attached hydrogen (secondary N) is 2. The first-order chi connectivity index (χ1) is 11.2. The van der Waals surface area contributed by atoms with Crippen LogP contribution in [0.25, 0.3) is 10.9 Å². The Hall–Kier alpha value is -2.14. The van der Waals surface area contributed by atoms with Crippen molar-refractivity contribution in [3.05, 3.63) is 36.0 Å². The minimum atomic E-state index is -0.181. The van der Waals surface area contributed by atoms with Crippen LogP contribution >= 0.6 is 0 Å². The molecule has 0 spiro atoms. The molecule has 1 aliphatic heterocycles. The Kier molecular flexibility index (Phi) is 3.65. The first-order valence-corrected chi connectivity index (χ1v) is 8.40. The number of carbonyl (C=O) groups is 2. The number of aromatic amines is 1. The van der Waals surface area contributed by atoms with Crippen molar-refractivity contribution in [1.82, 2.24) is 15.2 Å². The van der Waals surface area contributed by atoms with Gasteiger partial charge in [0.05, 0.1) is 5.92 Å². The lowest BCUT2D eigenvalue weighted by Crippen LogP contribution is -2.46. The molecule has 120 valence electrons. The van der Waals surface area contributed by atoms with Gasteiger partial charge < -0.3 is 10.3 Å². The molecule has 1 aliphatic carbocycles. The highest BCUT2D eigenvalue weighted by atomic mass is 16.2. The molecule has 0 radical (unpaired) electrons. The number of para-hydroxylation sites is 1. The fourth-order valence-electron chi connectivity index (χ4n) is 3.36. The van der Waals surface area contributed by atoms with Gasteiger partial charge in [-0.05, 0) is 44.4 Å². The maximum atomic E-state index is 12.9. The lowest BCUT2D eigenvalue weighted by atomic mass is 9.98. The maximum Gasteiger partial charge on any atom is 0.277 e. The molecule has 5 nitrogen and oxygen atoms in total. The van der Waals surface area contributed by atoms with E-state index in [2.05, 4.69) is 10.3 Å². The van der Waals surface area contributed by atoms with Gasteiger partial charge in [-0.2, -0.15) is 0 Å².